The molecule has 0 radical (unpaired) electrons. The summed E-state index contributed by atoms with van der Waals surface area (Å²) in [5.41, 5.74) is 0. The van der Waals surface area contributed by atoms with E-state index in [1.165, 1.54) is 0 Å². The van der Waals surface area contributed by atoms with E-state index in [0.29, 0.717) is 6.61 Å². The number of morpholine rings is 1. The standard InChI is InChI=1S/C7H13NO2/c1-3-6-7(9)8-5(2)4-10-6/h5-6H,3-4H2,1-2H3,(H,8,9)/t5-,6-/m1/s1. The summed E-state index contributed by atoms with van der Waals surface area (Å²) in [5.74, 6) is 0.0289. The summed E-state index contributed by atoms with van der Waals surface area (Å²) in [4.78, 5) is 11.0. The van der Waals surface area contributed by atoms with E-state index in [1.807, 2.05) is 13.8 Å². The Morgan fingerprint density at radius 2 is 2.50 bits per heavy atom. The van der Waals surface area contributed by atoms with Gasteiger partial charge in [0.15, 0.2) is 0 Å². The van der Waals surface area contributed by atoms with Crippen molar-refractivity contribution in [1.29, 1.82) is 0 Å². The fourth-order valence-electron chi connectivity index (χ4n) is 1.02. The fraction of sp³-hybridized carbons (Fsp3) is 0.857. The molecule has 0 aromatic carbocycles. The highest BCUT2D eigenvalue weighted by atomic mass is 16.5. The van der Waals surface area contributed by atoms with E-state index < -0.39 is 0 Å². The van der Waals surface area contributed by atoms with Crippen molar-refractivity contribution in [3.05, 3.63) is 0 Å². The van der Waals surface area contributed by atoms with Gasteiger partial charge in [-0.05, 0) is 13.3 Å². The SMILES string of the molecule is CC[C@H]1OC[C@@H](C)NC1=O. The average Bonchev–Trinajstić information content (AvgIpc) is 1.88. The molecule has 0 saturated carbocycles. The third-order valence-corrected chi connectivity index (χ3v) is 1.60. The molecule has 3 heteroatoms. The van der Waals surface area contributed by atoms with Crippen molar-refractivity contribution in [3.63, 3.8) is 0 Å². The largest absolute Gasteiger partial charge is 0.366 e. The zero-order valence-electron chi connectivity index (χ0n) is 6.39. The molecule has 0 aromatic rings. The van der Waals surface area contributed by atoms with E-state index >= 15 is 0 Å². The molecule has 1 heterocycles. The van der Waals surface area contributed by atoms with E-state index in [9.17, 15) is 4.79 Å². The Morgan fingerprint density at radius 3 is 3.00 bits per heavy atom. The van der Waals surface area contributed by atoms with Gasteiger partial charge in [0, 0.05) is 6.04 Å². The van der Waals surface area contributed by atoms with E-state index in [4.69, 9.17) is 4.74 Å². The van der Waals surface area contributed by atoms with Crippen molar-refractivity contribution in [2.24, 2.45) is 0 Å². The van der Waals surface area contributed by atoms with Gasteiger partial charge < -0.3 is 10.1 Å². The van der Waals surface area contributed by atoms with Gasteiger partial charge in [-0.2, -0.15) is 0 Å². The topological polar surface area (TPSA) is 38.3 Å². The minimum absolute atomic E-state index is 0.0289. The normalized spacial score (nSPS) is 33.6. The van der Waals surface area contributed by atoms with Crippen LogP contribution in [0.5, 0.6) is 0 Å². The summed E-state index contributed by atoms with van der Waals surface area (Å²) in [6.07, 6.45) is 0.551. The van der Waals surface area contributed by atoms with E-state index in [-0.39, 0.29) is 18.1 Å². The first-order valence-electron chi connectivity index (χ1n) is 3.66. The maximum absolute atomic E-state index is 11.0. The van der Waals surface area contributed by atoms with Crippen LogP contribution in [0, 0.1) is 0 Å². The molecule has 2 atom stereocenters. The maximum atomic E-state index is 11.0. The van der Waals surface area contributed by atoms with Crippen LogP contribution in [0.2, 0.25) is 0 Å². The van der Waals surface area contributed by atoms with Crippen molar-refractivity contribution in [3.8, 4) is 0 Å². The first-order chi connectivity index (χ1) is 4.74. The van der Waals surface area contributed by atoms with Crippen LogP contribution in [-0.2, 0) is 9.53 Å². The summed E-state index contributed by atoms with van der Waals surface area (Å²) in [7, 11) is 0. The predicted octanol–water partition coefficient (Wildman–Crippen LogP) is 0.300. The lowest BCUT2D eigenvalue weighted by atomic mass is 10.2. The number of carbonyl (C=O) groups excluding carboxylic acids is 1. The zero-order chi connectivity index (χ0) is 7.56. The van der Waals surface area contributed by atoms with Gasteiger partial charge >= 0.3 is 0 Å². The van der Waals surface area contributed by atoms with Gasteiger partial charge in [0.1, 0.15) is 6.10 Å². The fourth-order valence-corrected chi connectivity index (χ4v) is 1.02. The van der Waals surface area contributed by atoms with Crippen molar-refractivity contribution in [2.45, 2.75) is 32.4 Å². The minimum atomic E-state index is -0.212. The van der Waals surface area contributed by atoms with E-state index in [2.05, 4.69) is 5.32 Å². The van der Waals surface area contributed by atoms with Crippen LogP contribution in [0.4, 0.5) is 0 Å². The van der Waals surface area contributed by atoms with Crippen molar-refractivity contribution in [1.82, 2.24) is 5.32 Å². The lowest BCUT2D eigenvalue weighted by Gasteiger charge is -2.26. The van der Waals surface area contributed by atoms with E-state index in [1.54, 1.807) is 0 Å². The molecule has 1 rings (SSSR count). The molecule has 10 heavy (non-hydrogen) atoms. The number of hydrogen-bond acceptors (Lipinski definition) is 2. The molecular weight excluding hydrogens is 130 g/mol. The van der Waals surface area contributed by atoms with E-state index in [0.717, 1.165) is 6.42 Å². The van der Waals surface area contributed by atoms with Crippen LogP contribution in [-0.4, -0.2) is 24.7 Å². The monoisotopic (exact) mass is 143 g/mol. The average molecular weight is 143 g/mol. The highest BCUT2D eigenvalue weighted by Crippen LogP contribution is 2.04. The Balaban J connectivity index is 2.43. The molecular formula is C7H13NO2. The number of ether oxygens (including phenoxy) is 1. The number of nitrogens with one attached hydrogen (secondary N) is 1. The second-order valence-electron chi connectivity index (χ2n) is 2.64. The molecule has 58 valence electrons. The zero-order valence-corrected chi connectivity index (χ0v) is 6.39. The van der Waals surface area contributed by atoms with Crippen LogP contribution in [0.25, 0.3) is 0 Å². The van der Waals surface area contributed by atoms with Gasteiger partial charge in [-0.15, -0.1) is 0 Å². The highest BCUT2D eigenvalue weighted by molar-refractivity contribution is 5.81. The number of hydrogen-bond donors (Lipinski definition) is 1. The Kier molecular flexibility index (Phi) is 2.27. The molecule has 1 aliphatic heterocycles. The first-order valence-corrected chi connectivity index (χ1v) is 3.66. The summed E-state index contributed by atoms with van der Waals surface area (Å²) >= 11 is 0. The molecule has 1 N–H and O–H groups in total. The quantitative estimate of drug-likeness (QED) is 0.573. The molecule has 1 fully saturated rings. The molecule has 0 aromatic heterocycles. The molecule has 1 aliphatic rings. The van der Waals surface area contributed by atoms with Gasteiger partial charge in [-0.1, -0.05) is 6.92 Å². The molecule has 0 spiro atoms. The molecule has 1 amide bonds. The van der Waals surface area contributed by atoms with Crippen LogP contribution < -0.4 is 5.32 Å². The lowest BCUT2D eigenvalue weighted by Crippen LogP contribution is -2.49. The number of amides is 1. The maximum Gasteiger partial charge on any atom is 0.249 e. The first kappa shape index (κ1) is 7.54. The minimum Gasteiger partial charge on any atom is -0.366 e. The van der Waals surface area contributed by atoms with Gasteiger partial charge in [-0.3, -0.25) is 4.79 Å². The second-order valence-corrected chi connectivity index (χ2v) is 2.64. The Hall–Kier alpha value is -0.570. The lowest BCUT2D eigenvalue weighted by molar-refractivity contribution is -0.140. The Bertz CT molecular complexity index is 136. The summed E-state index contributed by atoms with van der Waals surface area (Å²) < 4.78 is 5.24. The third-order valence-electron chi connectivity index (χ3n) is 1.60. The van der Waals surface area contributed by atoms with Crippen LogP contribution in [0.3, 0.4) is 0 Å². The molecule has 3 nitrogen and oxygen atoms in total. The third kappa shape index (κ3) is 1.48. The second kappa shape index (κ2) is 3.01. The molecule has 1 saturated heterocycles. The van der Waals surface area contributed by atoms with Crippen LogP contribution in [0.15, 0.2) is 0 Å². The molecule has 0 aliphatic carbocycles. The molecule has 0 bridgehead atoms. The number of carbonyl (C=O) groups is 1. The number of rotatable bonds is 1. The van der Waals surface area contributed by atoms with Crippen LogP contribution in [0.1, 0.15) is 20.3 Å². The smallest absolute Gasteiger partial charge is 0.249 e. The summed E-state index contributed by atoms with van der Waals surface area (Å²) in [6, 6.07) is 0.176. The van der Waals surface area contributed by atoms with Gasteiger partial charge in [0.25, 0.3) is 0 Å². The predicted molar refractivity (Wildman–Crippen MR) is 37.6 cm³/mol. The van der Waals surface area contributed by atoms with Crippen LogP contribution >= 0.6 is 0 Å². The van der Waals surface area contributed by atoms with Crippen molar-refractivity contribution < 1.29 is 9.53 Å². The van der Waals surface area contributed by atoms with Gasteiger partial charge in [0.2, 0.25) is 5.91 Å². The summed E-state index contributed by atoms with van der Waals surface area (Å²) in [6.45, 7) is 4.52. The van der Waals surface area contributed by atoms with Gasteiger partial charge in [0.05, 0.1) is 6.61 Å². The highest BCUT2D eigenvalue weighted by Gasteiger charge is 2.24. The van der Waals surface area contributed by atoms with Crippen molar-refractivity contribution in [2.75, 3.05) is 6.61 Å². The Morgan fingerprint density at radius 1 is 1.80 bits per heavy atom. The summed E-state index contributed by atoms with van der Waals surface area (Å²) in [5, 5.41) is 2.82. The van der Waals surface area contributed by atoms with Crippen molar-refractivity contribution >= 4 is 5.91 Å². The Labute approximate surface area is 60.7 Å². The van der Waals surface area contributed by atoms with Gasteiger partial charge in [-0.25, -0.2) is 0 Å². The molecule has 0 unspecified atom stereocenters.